The van der Waals surface area contributed by atoms with Gasteiger partial charge in [-0.05, 0) is 0 Å². The van der Waals surface area contributed by atoms with Gasteiger partial charge < -0.3 is 0 Å². The van der Waals surface area contributed by atoms with E-state index in [0.29, 0.717) is 0 Å². The molecule has 0 bridgehead atoms. The molecular weight excluding hydrogens is 467 g/mol. The fraction of sp³-hybridized carbons (Fsp3) is 0. The van der Waals surface area contributed by atoms with Crippen LogP contribution >= 0.6 is 69.8 Å². The van der Waals surface area contributed by atoms with Crippen LogP contribution in [0.1, 0.15) is 0 Å². The molecule has 0 N–H and O–H groups in total. The molecule has 0 amide bonds. The summed E-state index contributed by atoms with van der Waals surface area (Å²) in [6, 6.07) is 0. The minimum absolute atomic E-state index is 1.49. The monoisotopic (exact) mass is 467 g/mol. The van der Waals surface area contributed by atoms with Crippen LogP contribution in [-0.2, 0) is 2.83 Å². The van der Waals surface area contributed by atoms with Crippen LogP contribution in [0.2, 0.25) is 0 Å². The topological polar surface area (TPSA) is 0 Å². The van der Waals surface area contributed by atoms with Crippen LogP contribution in [0.3, 0.4) is 0 Å². The van der Waals surface area contributed by atoms with Gasteiger partial charge in [-0.3, -0.25) is 0 Å². The van der Waals surface area contributed by atoms with Crippen molar-refractivity contribution in [3.05, 3.63) is 0 Å². The van der Waals surface area contributed by atoms with Crippen molar-refractivity contribution in [3.8, 4) is 0 Å². The molecule has 0 heterocycles. The van der Waals surface area contributed by atoms with Crippen LogP contribution in [0, 0.1) is 0 Å². The summed E-state index contributed by atoms with van der Waals surface area (Å²) < 4.78 is -1.49. The van der Waals surface area contributed by atoms with E-state index in [1.807, 2.05) is 0 Å². The van der Waals surface area contributed by atoms with E-state index in [1.54, 1.807) is 0 Å². The molecule has 0 aromatic heterocycles. The average molecular weight is 467 g/mol. The van der Waals surface area contributed by atoms with Gasteiger partial charge in [0.25, 0.3) is 0 Å². The van der Waals surface area contributed by atoms with Crippen molar-refractivity contribution in [2.45, 2.75) is 0 Å². The second-order valence-corrected chi connectivity index (χ2v) is 51.5. The van der Waals surface area contributed by atoms with E-state index < -0.39 is 2.83 Å². The molecule has 0 atom stereocenters. The Balaban J connectivity index is 3.02. The summed E-state index contributed by atoms with van der Waals surface area (Å²) in [5.41, 5.74) is 0. The van der Waals surface area contributed by atoms with Gasteiger partial charge in [-0.2, -0.15) is 0 Å². The third-order valence-electron chi connectivity index (χ3n) is 0. The average Bonchev–Trinajstić information content (AvgIpc) is 0.722. The zero-order chi connectivity index (χ0) is 4.50. The van der Waals surface area contributed by atoms with E-state index in [4.69, 9.17) is 9.85 Å². The Morgan fingerprint density at radius 1 is 1.20 bits per heavy atom. The van der Waals surface area contributed by atoms with Gasteiger partial charge in [0.2, 0.25) is 0 Å². The molecule has 0 radical (unpaired) electrons. The van der Waals surface area contributed by atoms with Crippen LogP contribution < -0.4 is 0 Å². The fourth-order valence-electron chi connectivity index (χ4n) is 0. The van der Waals surface area contributed by atoms with E-state index in [0.717, 1.165) is 0 Å². The maximum absolute atomic E-state index is 5.66. The summed E-state index contributed by atoms with van der Waals surface area (Å²) in [6.07, 6.45) is 0. The maximum atomic E-state index is 5.66. The van der Waals surface area contributed by atoms with Crippen molar-refractivity contribution in [1.29, 1.82) is 0 Å². The number of halogens is 4. The predicted molar refractivity (Wildman–Crippen MR) is 47.9 cm³/mol. The second kappa shape index (κ2) is 3.16. The Labute approximate surface area is 70.7 Å². The molecule has 0 unspecified atom stereocenters. The summed E-state index contributed by atoms with van der Waals surface area (Å²) >= 11 is 6.86. The molecular formula is ClI3V. The molecule has 0 aromatic carbocycles. The standard InChI is InChI=1S/ClH.3HI.V/h4*1H;/q;;;;+4/p-4. The molecule has 5 heavy (non-hydrogen) atoms. The van der Waals surface area contributed by atoms with Crippen LogP contribution in [0.25, 0.3) is 0 Å². The molecule has 0 nitrogen and oxygen atoms in total. The zero-order valence-electron chi connectivity index (χ0n) is 1.96. The van der Waals surface area contributed by atoms with E-state index in [9.17, 15) is 0 Å². The van der Waals surface area contributed by atoms with Gasteiger partial charge in [-0.25, -0.2) is 0 Å². The van der Waals surface area contributed by atoms with E-state index >= 15 is 0 Å². The molecule has 0 aliphatic carbocycles. The molecule has 5 heteroatoms. The Bertz CT molecular complexity index is 22.4. The van der Waals surface area contributed by atoms with Crippen molar-refractivity contribution < 1.29 is 2.83 Å². The summed E-state index contributed by atoms with van der Waals surface area (Å²) in [5.74, 6) is 0. The van der Waals surface area contributed by atoms with Crippen molar-refractivity contribution >= 4 is 69.8 Å². The third-order valence-corrected chi connectivity index (χ3v) is 0. The summed E-state index contributed by atoms with van der Waals surface area (Å²) in [7, 11) is 5.66. The van der Waals surface area contributed by atoms with Crippen molar-refractivity contribution in [1.82, 2.24) is 0 Å². The van der Waals surface area contributed by atoms with E-state index in [2.05, 4.69) is 59.9 Å². The SMILES string of the molecule is [Cl][V]([I])([I])[I]. The van der Waals surface area contributed by atoms with Crippen molar-refractivity contribution in [2.24, 2.45) is 0 Å². The quantitative estimate of drug-likeness (QED) is 0.480. The molecule has 0 aliphatic heterocycles. The van der Waals surface area contributed by atoms with Crippen molar-refractivity contribution in [3.63, 3.8) is 0 Å². The molecule has 0 saturated heterocycles. The van der Waals surface area contributed by atoms with Gasteiger partial charge in [-0.1, -0.05) is 0 Å². The number of hydrogen-bond acceptors (Lipinski definition) is 0. The molecule has 0 aliphatic rings. The van der Waals surface area contributed by atoms with E-state index in [1.165, 1.54) is 0 Å². The van der Waals surface area contributed by atoms with Gasteiger partial charge in [0.05, 0.1) is 0 Å². The van der Waals surface area contributed by atoms with E-state index in [-0.39, 0.29) is 0 Å². The van der Waals surface area contributed by atoms with Crippen LogP contribution in [0.5, 0.6) is 0 Å². The molecule has 0 spiro atoms. The van der Waals surface area contributed by atoms with Crippen LogP contribution in [0.15, 0.2) is 0 Å². The zero-order valence-corrected chi connectivity index (χ0v) is 10.6. The second-order valence-electron chi connectivity index (χ2n) is 0.383. The first-order valence-corrected chi connectivity index (χ1v) is 16.1. The first kappa shape index (κ1) is 8.06. The van der Waals surface area contributed by atoms with Gasteiger partial charge >= 0.3 is 72.6 Å². The number of rotatable bonds is 0. The fourth-order valence-corrected chi connectivity index (χ4v) is 0. The first-order valence-electron chi connectivity index (χ1n) is 0.676. The number of hydrogen-bond donors (Lipinski definition) is 0. The van der Waals surface area contributed by atoms with Gasteiger partial charge in [0, 0.05) is 0 Å². The summed E-state index contributed by atoms with van der Waals surface area (Å²) in [6.45, 7) is 0. The predicted octanol–water partition coefficient (Wildman–Crippen LogP) is 3.34. The molecule has 33 valence electrons. The Morgan fingerprint density at radius 3 is 1.20 bits per heavy atom. The van der Waals surface area contributed by atoms with Crippen LogP contribution in [0.4, 0.5) is 0 Å². The molecule has 0 rings (SSSR count). The van der Waals surface area contributed by atoms with Gasteiger partial charge in [-0.15, -0.1) is 0 Å². The molecule has 0 fully saturated rings. The summed E-state index contributed by atoms with van der Waals surface area (Å²) in [4.78, 5) is 0. The molecule has 0 saturated carbocycles. The van der Waals surface area contributed by atoms with Crippen molar-refractivity contribution in [2.75, 3.05) is 0 Å². The van der Waals surface area contributed by atoms with Crippen LogP contribution in [-0.4, -0.2) is 0 Å². The Morgan fingerprint density at radius 2 is 1.20 bits per heavy atom. The third kappa shape index (κ3) is 19.3. The Hall–Kier alpha value is 3.06. The first-order chi connectivity index (χ1) is 2.00. The normalized spacial score (nSPS) is 12.0. The van der Waals surface area contributed by atoms with Gasteiger partial charge in [0.15, 0.2) is 0 Å². The van der Waals surface area contributed by atoms with Gasteiger partial charge in [0.1, 0.15) is 0 Å². The summed E-state index contributed by atoms with van der Waals surface area (Å²) in [5, 5.41) is 0. The Kier molecular flexibility index (Phi) is 5.10. The molecule has 0 aromatic rings. The minimum atomic E-state index is -1.49.